The molecular formula is C12H16ClN3OS. The van der Waals surface area contributed by atoms with E-state index in [0.29, 0.717) is 0 Å². The summed E-state index contributed by atoms with van der Waals surface area (Å²) in [5.41, 5.74) is 1.13. The maximum Gasteiger partial charge on any atom is 0.225 e. The van der Waals surface area contributed by atoms with E-state index in [1.807, 2.05) is 0 Å². The summed E-state index contributed by atoms with van der Waals surface area (Å²) in [5, 5.41) is 2.95. The molecule has 18 heavy (non-hydrogen) atoms. The van der Waals surface area contributed by atoms with Crippen LogP contribution in [0.5, 0.6) is 0 Å². The molecule has 2 rings (SSSR count). The Labute approximate surface area is 116 Å². The zero-order valence-electron chi connectivity index (χ0n) is 10.4. The Hall–Kier alpha value is -0.780. The van der Waals surface area contributed by atoms with Crippen molar-refractivity contribution < 1.29 is 4.74 Å². The molecule has 2 heterocycles. The number of ether oxygens (including phenoxy) is 1. The van der Waals surface area contributed by atoms with Gasteiger partial charge < -0.3 is 9.64 Å². The summed E-state index contributed by atoms with van der Waals surface area (Å²) < 4.78 is 5.36. The van der Waals surface area contributed by atoms with Gasteiger partial charge in [0, 0.05) is 18.7 Å². The topological polar surface area (TPSA) is 38.2 Å². The Morgan fingerprint density at radius 1 is 1.44 bits per heavy atom. The molecule has 1 aliphatic heterocycles. The van der Waals surface area contributed by atoms with E-state index >= 15 is 0 Å². The lowest BCUT2D eigenvalue weighted by molar-refractivity contribution is 0.122. The van der Waals surface area contributed by atoms with Crippen LogP contribution in [0.25, 0.3) is 0 Å². The zero-order valence-corrected chi connectivity index (χ0v) is 11.9. The minimum atomic E-state index is 0.290. The van der Waals surface area contributed by atoms with Crippen molar-refractivity contribution in [2.45, 2.75) is 18.4 Å². The second-order valence-electron chi connectivity index (χ2n) is 3.84. The average Bonchev–Trinajstić information content (AvgIpc) is 2.39. The van der Waals surface area contributed by atoms with Gasteiger partial charge in [-0.2, -0.15) is 0 Å². The molecule has 0 aromatic carbocycles. The number of thioether (sulfide) groups is 1. The molecule has 0 radical (unpaired) electrons. The number of anilines is 1. The van der Waals surface area contributed by atoms with Gasteiger partial charge in [0.2, 0.25) is 5.28 Å². The first-order chi connectivity index (χ1) is 8.76. The maximum atomic E-state index is 6.01. The quantitative estimate of drug-likeness (QED) is 0.483. The number of rotatable bonds is 4. The van der Waals surface area contributed by atoms with Crippen LogP contribution in [0.4, 0.5) is 5.82 Å². The van der Waals surface area contributed by atoms with Crippen LogP contribution in [-0.2, 0) is 11.2 Å². The van der Waals surface area contributed by atoms with Crippen LogP contribution < -0.4 is 4.90 Å². The highest BCUT2D eigenvalue weighted by molar-refractivity contribution is 8.02. The van der Waals surface area contributed by atoms with Crippen LogP contribution >= 0.6 is 23.4 Å². The largest absolute Gasteiger partial charge is 0.378 e. The average molecular weight is 286 g/mol. The third kappa shape index (κ3) is 2.96. The summed E-state index contributed by atoms with van der Waals surface area (Å²) in [4.78, 5) is 10.9. The molecule has 0 N–H and O–H groups in total. The van der Waals surface area contributed by atoms with E-state index in [1.165, 1.54) is 11.8 Å². The van der Waals surface area contributed by atoms with Crippen molar-refractivity contribution in [1.82, 2.24) is 9.97 Å². The Kier molecular flexibility index (Phi) is 4.86. The van der Waals surface area contributed by atoms with E-state index in [-0.39, 0.29) is 5.28 Å². The Balaban J connectivity index is 2.39. The number of nitrogens with zero attached hydrogens (tertiary/aromatic N) is 3. The minimum Gasteiger partial charge on any atom is -0.378 e. The summed E-state index contributed by atoms with van der Waals surface area (Å²) in [5.74, 6) is 0.935. The molecule has 1 aromatic heterocycles. The van der Waals surface area contributed by atoms with Crippen molar-refractivity contribution in [2.24, 2.45) is 0 Å². The van der Waals surface area contributed by atoms with Crippen molar-refractivity contribution in [3.05, 3.63) is 22.8 Å². The maximum absolute atomic E-state index is 6.01. The van der Waals surface area contributed by atoms with Gasteiger partial charge in [0.25, 0.3) is 0 Å². The molecule has 1 fully saturated rings. The van der Waals surface area contributed by atoms with Crippen molar-refractivity contribution in [2.75, 3.05) is 31.2 Å². The standard InChI is InChI=1S/C12H16ClN3OS/c1-3-9-10(16-5-7-17-8-6-16)14-12(13)15-11(9)18-4-2/h4H,2-3,5-8H2,1H3. The van der Waals surface area contributed by atoms with Gasteiger partial charge in [0.15, 0.2) is 0 Å². The molecule has 6 heteroatoms. The van der Waals surface area contributed by atoms with Crippen LogP contribution in [0.1, 0.15) is 12.5 Å². The SMILES string of the molecule is C=CSc1nc(Cl)nc(N2CCOCC2)c1CC. The highest BCUT2D eigenvalue weighted by Gasteiger charge is 2.19. The zero-order chi connectivity index (χ0) is 13.0. The van der Waals surface area contributed by atoms with Crippen LogP contribution in [-0.4, -0.2) is 36.3 Å². The molecule has 0 spiro atoms. The third-order valence-electron chi connectivity index (χ3n) is 2.78. The number of halogens is 1. The highest BCUT2D eigenvalue weighted by Crippen LogP contribution is 2.30. The van der Waals surface area contributed by atoms with Gasteiger partial charge in [-0.05, 0) is 23.4 Å². The fourth-order valence-electron chi connectivity index (χ4n) is 1.95. The van der Waals surface area contributed by atoms with Gasteiger partial charge in [-0.1, -0.05) is 25.3 Å². The van der Waals surface area contributed by atoms with E-state index in [4.69, 9.17) is 16.3 Å². The fraction of sp³-hybridized carbons (Fsp3) is 0.500. The van der Waals surface area contributed by atoms with Crippen LogP contribution in [0.3, 0.4) is 0 Å². The fourth-order valence-corrected chi connectivity index (χ4v) is 2.84. The molecule has 0 aliphatic carbocycles. The first kappa shape index (κ1) is 13.6. The molecule has 98 valence electrons. The number of aromatic nitrogens is 2. The third-order valence-corrected chi connectivity index (χ3v) is 3.68. The lowest BCUT2D eigenvalue weighted by Crippen LogP contribution is -2.37. The van der Waals surface area contributed by atoms with Gasteiger partial charge in [-0.3, -0.25) is 0 Å². The van der Waals surface area contributed by atoms with Crippen molar-refractivity contribution >= 4 is 29.2 Å². The summed E-state index contributed by atoms with van der Waals surface area (Å²) in [6.07, 6.45) is 0.875. The molecule has 0 amide bonds. The molecular weight excluding hydrogens is 270 g/mol. The smallest absolute Gasteiger partial charge is 0.225 e. The molecule has 1 aromatic rings. The van der Waals surface area contributed by atoms with Crippen LogP contribution in [0.2, 0.25) is 5.28 Å². The van der Waals surface area contributed by atoms with E-state index in [9.17, 15) is 0 Å². The minimum absolute atomic E-state index is 0.290. The van der Waals surface area contributed by atoms with E-state index in [2.05, 4.69) is 28.4 Å². The predicted molar refractivity (Wildman–Crippen MR) is 75.5 cm³/mol. The van der Waals surface area contributed by atoms with E-state index in [0.717, 1.165) is 49.1 Å². The van der Waals surface area contributed by atoms with E-state index < -0.39 is 0 Å². The molecule has 4 nitrogen and oxygen atoms in total. The Bertz CT molecular complexity index is 436. The van der Waals surface area contributed by atoms with Crippen molar-refractivity contribution in [3.8, 4) is 0 Å². The van der Waals surface area contributed by atoms with Gasteiger partial charge in [0.1, 0.15) is 10.8 Å². The van der Waals surface area contributed by atoms with E-state index in [1.54, 1.807) is 5.41 Å². The summed E-state index contributed by atoms with van der Waals surface area (Å²) >= 11 is 7.50. The number of hydrogen-bond donors (Lipinski definition) is 0. The van der Waals surface area contributed by atoms with Gasteiger partial charge >= 0.3 is 0 Å². The Morgan fingerprint density at radius 3 is 2.78 bits per heavy atom. The normalized spacial score (nSPS) is 15.8. The molecule has 0 atom stereocenters. The molecule has 1 aliphatic rings. The monoisotopic (exact) mass is 285 g/mol. The second-order valence-corrected chi connectivity index (χ2v) is 5.13. The first-order valence-electron chi connectivity index (χ1n) is 5.93. The molecule has 0 saturated carbocycles. The number of morpholine rings is 1. The predicted octanol–water partition coefficient (Wildman–Crippen LogP) is 2.76. The summed E-state index contributed by atoms with van der Waals surface area (Å²) in [6.45, 7) is 8.98. The van der Waals surface area contributed by atoms with Gasteiger partial charge in [-0.15, -0.1) is 0 Å². The van der Waals surface area contributed by atoms with Crippen LogP contribution in [0, 0.1) is 0 Å². The summed E-state index contributed by atoms with van der Waals surface area (Å²) in [6, 6.07) is 0. The lowest BCUT2D eigenvalue weighted by atomic mass is 10.2. The Morgan fingerprint density at radius 2 is 2.17 bits per heavy atom. The lowest BCUT2D eigenvalue weighted by Gasteiger charge is -2.29. The summed E-state index contributed by atoms with van der Waals surface area (Å²) in [7, 11) is 0. The highest BCUT2D eigenvalue weighted by atomic mass is 35.5. The first-order valence-corrected chi connectivity index (χ1v) is 7.18. The molecule has 1 saturated heterocycles. The van der Waals surface area contributed by atoms with Crippen molar-refractivity contribution in [3.63, 3.8) is 0 Å². The van der Waals surface area contributed by atoms with Crippen LogP contribution in [0.15, 0.2) is 17.0 Å². The molecule has 0 bridgehead atoms. The number of hydrogen-bond acceptors (Lipinski definition) is 5. The second kappa shape index (κ2) is 6.41. The molecule has 0 unspecified atom stereocenters. The van der Waals surface area contributed by atoms with Crippen molar-refractivity contribution in [1.29, 1.82) is 0 Å². The van der Waals surface area contributed by atoms with Gasteiger partial charge in [0.05, 0.1) is 13.2 Å². The van der Waals surface area contributed by atoms with Gasteiger partial charge in [-0.25, -0.2) is 9.97 Å².